The fourth-order valence-electron chi connectivity index (χ4n) is 8.19. The molecule has 11 nitrogen and oxygen atoms in total. The Balaban J connectivity index is 1.33. The summed E-state index contributed by atoms with van der Waals surface area (Å²) >= 11 is 0. The van der Waals surface area contributed by atoms with Gasteiger partial charge in [0.05, 0.1) is 25.0 Å². The first-order chi connectivity index (χ1) is 28.4. The molecule has 0 spiro atoms. The van der Waals surface area contributed by atoms with Crippen molar-refractivity contribution in [3.05, 3.63) is 70.7 Å². The average Bonchev–Trinajstić information content (AvgIpc) is 3.80. The van der Waals surface area contributed by atoms with E-state index in [9.17, 15) is 9.18 Å². The molecule has 0 bridgehead atoms. The van der Waals surface area contributed by atoms with Gasteiger partial charge in [0, 0.05) is 72.7 Å². The Bertz CT molecular complexity index is 2390. The van der Waals surface area contributed by atoms with Crippen LogP contribution in [0.25, 0.3) is 32.9 Å². The Morgan fingerprint density at radius 1 is 1.05 bits per heavy atom. The van der Waals surface area contributed by atoms with E-state index >= 15 is 4.39 Å². The van der Waals surface area contributed by atoms with Gasteiger partial charge < -0.3 is 28.7 Å². The van der Waals surface area contributed by atoms with Crippen LogP contribution in [-0.2, 0) is 16.1 Å². The Morgan fingerprint density at radius 3 is 2.54 bits per heavy atom. The second-order valence-electron chi connectivity index (χ2n) is 16.9. The molecule has 0 radical (unpaired) electrons. The largest absolute Gasteiger partial charge is 0.486 e. The van der Waals surface area contributed by atoms with Crippen LogP contribution in [-0.4, -0.2) is 82.4 Å². The van der Waals surface area contributed by atoms with Crippen LogP contribution in [0.4, 0.5) is 19.4 Å². The van der Waals surface area contributed by atoms with Crippen molar-refractivity contribution in [1.82, 2.24) is 24.6 Å². The molecule has 2 atom stereocenters. The van der Waals surface area contributed by atoms with Crippen molar-refractivity contribution >= 4 is 33.7 Å². The predicted octanol–water partition coefficient (Wildman–Crippen LogP) is 9.41. The molecular weight excluding hydrogens is 755 g/mol. The second kappa shape index (κ2) is 16.6. The number of fused-ring (bicyclic) bond motifs is 2. The minimum atomic E-state index is -0.625. The third-order valence-corrected chi connectivity index (χ3v) is 11.4. The molecule has 1 aliphatic carbocycles. The third-order valence-electron chi connectivity index (χ3n) is 11.4. The maximum Gasteiger partial charge on any atom is 0.410 e. The molecule has 3 aliphatic rings. The van der Waals surface area contributed by atoms with Gasteiger partial charge in [-0.05, 0) is 107 Å². The molecule has 2 saturated heterocycles. The SMILES string of the molecule is C#Cc1ccc(COc2c(-c3c(C)c(F)cc4c3cnn4C3CCCCO3)c(C3CC3)cc3c(N(C)[C@H]4CCN(C(=O)OC(C)(C)C)C4)nc(OCCCF)nc23)cc1. The van der Waals surface area contributed by atoms with Gasteiger partial charge in [-0.25, -0.2) is 13.9 Å². The van der Waals surface area contributed by atoms with Crippen LogP contribution in [0.5, 0.6) is 11.8 Å². The standard InChI is InChI=1S/C46H52F2N6O5/c1-7-29-12-14-30(15-13-29)27-58-42-40(39-28(2)36(48)24-37-35(39)25-49-54(37)38-11-8-9-21-56-38)33(31-16-17-31)23-34-41(42)50-44(57-22-10-19-47)51-43(34)52(6)32-18-20-53(26-32)45(55)59-46(3,4)5/h1,12-15,23-25,31-32,38H,8-11,16-22,26-27H2,2-6H3/t32-,38?/m0/s1. The molecule has 3 aromatic carbocycles. The van der Waals surface area contributed by atoms with E-state index in [1.165, 1.54) is 0 Å². The van der Waals surface area contributed by atoms with Crippen LogP contribution >= 0.6 is 0 Å². The number of likely N-dealkylation sites (N-methyl/N-ethyl adjacent to an activating group) is 1. The molecule has 1 unspecified atom stereocenters. The lowest BCUT2D eigenvalue weighted by Gasteiger charge is -2.29. The average molecular weight is 807 g/mol. The number of likely N-dealkylation sites (tertiary alicyclic amines) is 1. The van der Waals surface area contributed by atoms with Crippen molar-refractivity contribution in [3.8, 4) is 35.2 Å². The summed E-state index contributed by atoms with van der Waals surface area (Å²) in [6.07, 6.45) is 12.3. The molecule has 3 fully saturated rings. The molecule has 59 heavy (non-hydrogen) atoms. The van der Waals surface area contributed by atoms with Crippen LogP contribution in [0.3, 0.4) is 0 Å². The summed E-state index contributed by atoms with van der Waals surface area (Å²) in [5.74, 6) is 3.52. The molecule has 4 heterocycles. The Morgan fingerprint density at radius 2 is 1.85 bits per heavy atom. The molecule has 8 rings (SSSR count). The first kappa shape index (κ1) is 40.3. The van der Waals surface area contributed by atoms with E-state index in [0.29, 0.717) is 59.8 Å². The number of nitrogens with zero attached hydrogens (tertiary/aromatic N) is 6. The number of amides is 1. The Labute approximate surface area is 344 Å². The van der Waals surface area contributed by atoms with Gasteiger partial charge in [0.15, 0.2) is 12.0 Å². The van der Waals surface area contributed by atoms with Gasteiger partial charge in [-0.3, -0.25) is 4.39 Å². The maximum atomic E-state index is 16.4. The highest BCUT2D eigenvalue weighted by Gasteiger charge is 2.37. The van der Waals surface area contributed by atoms with Gasteiger partial charge in [0.2, 0.25) is 0 Å². The molecule has 13 heteroatoms. The molecular formula is C46H52F2N6O5. The van der Waals surface area contributed by atoms with Gasteiger partial charge in [0.1, 0.15) is 29.4 Å². The topological polar surface area (TPSA) is 104 Å². The fraction of sp³-hybridized carbons (Fsp3) is 0.478. The maximum absolute atomic E-state index is 16.4. The molecule has 0 N–H and O–H groups in total. The van der Waals surface area contributed by atoms with Gasteiger partial charge in [0.25, 0.3) is 0 Å². The summed E-state index contributed by atoms with van der Waals surface area (Å²) in [4.78, 5) is 26.9. The summed E-state index contributed by atoms with van der Waals surface area (Å²) in [5, 5.41) is 6.31. The Hall–Kier alpha value is -5.48. The number of halogens is 2. The molecule has 5 aromatic rings. The van der Waals surface area contributed by atoms with E-state index in [1.807, 2.05) is 52.1 Å². The fourth-order valence-corrected chi connectivity index (χ4v) is 8.19. The molecule has 1 saturated carbocycles. The van der Waals surface area contributed by atoms with E-state index < -0.39 is 12.3 Å². The highest BCUT2D eigenvalue weighted by atomic mass is 19.1. The van der Waals surface area contributed by atoms with Crippen LogP contribution < -0.4 is 14.4 Å². The number of carbonyl (C=O) groups is 1. The highest BCUT2D eigenvalue weighted by Crippen LogP contribution is 2.53. The van der Waals surface area contributed by atoms with E-state index in [1.54, 1.807) is 28.8 Å². The number of aromatic nitrogens is 4. The first-order valence-corrected chi connectivity index (χ1v) is 20.7. The number of carbonyl (C=O) groups excluding carboxylic acids is 1. The summed E-state index contributed by atoms with van der Waals surface area (Å²) in [6, 6.07) is 11.2. The summed E-state index contributed by atoms with van der Waals surface area (Å²) < 4.78 is 56.5. The zero-order valence-electron chi connectivity index (χ0n) is 34.5. The van der Waals surface area contributed by atoms with E-state index in [0.717, 1.165) is 65.1 Å². The van der Waals surface area contributed by atoms with Crippen LogP contribution in [0.2, 0.25) is 0 Å². The zero-order chi connectivity index (χ0) is 41.4. The van der Waals surface area contributed by atoms with E-state index in [2.05, 4.69) is 16.9 Å². The van der Waals surface area contributed by atoms with E-state index in [4.69, 9.17) is 40.4 Å². The number of alkyl halides is 1. The van der Waals surface area contributed by atoms with Crippen molar-refractivity contribution in [3.63, 3.8) is 0 Å². The number of rotatable bonds is 12. The number of ether oxygens (including phenoxy) is 4. The summed E-state index contributed by atoms with van der Waals surface area (Å²) in [7, 11) is 1.95. The number of benzene rings is 3. The van der Waals surface area contributed by atoms with Gasteiger partial charge in [-0.2, -0.15) is 15.1 Å². The number of anilines is 1. The van der Waals surface area contributed by atoms with Crippen molar-refractivity contribution in [2.24, 2.45) is 0 Å². The van der Waals surface area contributed by atoms with E-state index in [-0.39, 0.29) is 55.7 Å². The number of terminal acetylenes is 1. The van der Waals surface area contributed by atoms with Gasteiger partial charge in [-0.15, -0.1) is 6.42 Å². The van der Waals surface area contributed by atoms with Crippen molar-refractivity contribution in [2.75, 3.05) is 44.9 Å². The second-order valence-corrected chi connectivity index (χ2v) is 16.9. The van der Waals surface area contributed by atoms with Crippen molar-refractivity contribution < 1.29 is 32.5 Å². The minimum Gasteiger partial charge on any atom is -0.486 e. The van der Waals surface area contributed by atoms with Gasteiger partial charge >= 0.3 is 12.1 Å². The normalized spacial score (nSPS) is 18.3. The first-order valence-electron chi connectivity index (χ1n) is 20.7. The lowest BCUT2D eigenvalue weighted by molar-refractivity contribution is -0.0366. The predicted molar refractivity (Wildman–Crippen MR) is 223 cm³/mol. The molecule has 2 aromatic heterocycles. The summed E-state index contributed by atoms with van der Waals surface area (Å²) in [5.41, 5.74) is 5.00. The minimum absolute atomic E-state index is 0.0616. The molecule has 2 aliphatic heterocycles. The zero-order valence-corrected chi connectivity index (χ0v) is 34.5. The smallest absolute Gasteiger partial charge is 0.410 e. The van der Waals surface area contributed by atoms with Gasteiger partial charge in [-0.1, -0.05) is 18.1 Å². The van der Waals surface area contributed by atoms with Crippen molar-refractivity contribution in [1.29, 1.82) is 0 Å². The Kier molecular flexibility index (Phi) is 11.4. The monoisotopic (exact) mass is 806 g/mol. The quantitative estimate of drug-likeness (QED) is 0.0901. The molecule has 310 valence electrons. The summed E-state index contributed by atoms with van der Waals surface area (Å²) in [6.45, 7) is 8.60. The van der Waals surface area contributed by atoms with Crippen LogP contribution in [0.15, 0.2) is 42.6 Å². The highest BCUT2D eigenvalue weighted by molar-refractivity contribution is 6.06. The van der Waals surface area contributed by atoms with Crippen LogP contribution in [0.1, 0.15) is 100 Å². The van der Waals surface area contributed by atoms with Crippen molar-refractivity contribution in [2.45, 2.75) is 103 Å². The lowest BCUT2D eigenvalue weighted by atomic mass is 9.88. The number of hydrogen-bond acceptors (Lipinski definition) is 9. The molecule has 1 amide bonds. The lowest BCUT2D eigenvalue weighted by Crippen LogP contribution is -2.39. The van der Waals surface area contributed by atoms with Crippen LogP contribution in [0, 0.1) is 25.1 Å². The number of hydrogen-bond donors (Lipinski definition) is 0. The third kappa shape index (κ3) is 8.37.